The number of thioether (sulfide) groups is 1. The first-order valence-electron chi connectivity index (χ1n) is 6.93. The molecule has 1 unspecified atom stereocenters. The largest absolute Gasteiger partial charge is 0.395 e. The van der Waals surface area contributed by atoms with E-state index >= 15 is 0 Å². The van der Waals surface area contributed by atoms with Gasteiger partial charge in [0.2, 0.25) is 5.91 Å². The molecule has 1 N–H and O–H groups in total. The lowest BCUT2D eigenvalue weighted by atomic mass is 10.3. The zero-order valence-electron chi connectivity index (χ0n) is 12.2. The number of hydrogen-bond acceptors (Lipinski definition) is 4. The molecule has 0 spiro atoms. The van der Waals surface area contributed by atoms with E-state index in [1.54, 1.807) is 16.2 Å². The predicted molar refractivity (Wildman–Crippen MR) is 93.6 cm³/mol. The van der Waals surface area contributed by atoms with Gasteiger partial charge in [0.25, 0.3) is 0 Å². The molecule has 1 aromatic heterocycles. The van der Waals surface area contributed by atoms with Crippen molar-refractivity contribution in [1.82, 2.24) is 4.90 Å². The lowest BCUT2D eigenvalue weighted by Gasteiger charge is -2.24. The third-order valence-corrected chi connectivity index (χ3v) is 5.46. The fourth-order valence-corrected chi connectivity index (χ4v) is 3.93. The molecule has 118 valence electrons. The summed E-state index contributed by atoms with van der Waals surface area (Å²) in [4.78, 5) is 15.2. The maximum Gasteiger partial charge on any atom is 0.236 e. The molecule has 0 aliphatic rings. The highest BCUT2D eigenvalue weighted by Gasteiger charge is 2.22. The lowest BCUT2D eigenvalue weighted by Crippen LogP contribution is -2.37. The molecule has 1 amide bonds. The molecule has 1 atom stereocenters. The van der Waals surface area contributed by atoms with E-state index in [-0.39, 0.29) is 17.8 Å². The Labute approximate surface area is 143 Å². The number of rotatable bonds is 7. The molecule has 0 saturated heterocycles. The van der Waals surface area contributed by atoms with E-state index < -0.39 is 0 Å². The van der Waals surface area contributed by atoms with Gasteiger partial charge in [-0.2, -0.15) is 11.3 Å². The van der Waals surface area contributed by atoms with Crippen LogP contribution >= 0.6 is 34.7 Å². The highest BCUT2D eigenvalue weighted by Crippen LogP contribution is 2.31. The Morgan fingerprint density at radius 1 is 1.41 bits per heavy atom. The second kappa shape index (κ2) is 8.58. The van der Waals surface area contributed by atoms with E-state index in [0.717, 1.165) is 10.5 Å². The maximum absolute atomic E-state index is 12.6. The van der Waals surface area contributed by atoms with Crippen LogP contribution in [-0.4, -0.2) is 34.3 Å². The monoisotopic (exact) mass is 355 g/mol. The zero-order chi connectivity index (χ0) is 15.9. The van der Waals surface area contributed by atoms with E-state index in [1.165, 1.54) is 11.8 Å². The Morgan fingerprint density at radius 3 is 2.82 bits per heavy atom. The molecule has 0 saturated carbocycles. The lowest BCUT2D eigenvalue weighted by molar-refractivity contribution is -0.131. The van der Waals surface area contributed by atoms with Crippen LogP contribution in [0.3, 0.4) is 0 Å². The normalized spacial score (nSPS) is 12.1. The molecule has 0 aliphatic heterocycles. The molecule has 0 radical (unpaired) electrons. The minimum absolute atomic E-state index is 0.00479. The van der Waals surface area contributed by atoms with Crippen molar-refractivity contribution in [3.63, 3.8) is 0 Å². The number of aliphatic hydroxyl groups excluding tert-OH is 1. The van der Waals surface area contributed by atoms with E-state index in [1.807, 2.05) is 48.0 Å². The summed E-state index contributed by atoms with van der Waals surface area (Å²) in [6.07, 6.45) is 0. The fourth-order valence-electron chi connectivity index (χ4n) is 2.03. The molecular weight excluding hydrogens is 338 g/mol. The van der Waals surface area contributed by atoms with Crippen LogP contribution in [0.4, 0.5) is 0 Å². The summed E-state index contributed by atoms with van der Waals surface area (Å²) in [5, 5.41) is 13.6. The summed E-state index contributed by atoms with van der Waals surface area (Å²) in [7, 11) is 0. The van der Waals surface area contributed by atoms with Crippen LogP contribution in [0.1, 0.15) is 12.5 Å². The van der Waals surface area contributed by atoms with Crippen LogP contribution < -0.4 is 0 Å². The van der Waals surface area contributed by atoms with E-state index in [2.05, 4.69) is 0 Å². The number of carbonyl (C=O) groups excluding carboxylic acids is 1. The highest BCUT2D eigenvalue weighted by atomic mass is 35.5. The number of hydrogen-bond donors (Lipinski definition) is 1. The average Bonchev–Trinajstić information content (AvgIpc) is 3.01. The predicted octanol–water partition coefficient (Wildman–Crippen LogP) is 3.90. The Hall–Kier alpha value is -1.01. The fraction of sp³-hybridized carbons (Fsp3) is 0.312. The van der Waals surface area contributed by atoms with Crippen molar-refractivity contribution in [2.24, 2.45) is 0 Å². The van der Waals surface area contributed by atoms with Crippen LogP contribution in [0.2, 0.25) is 5.02 Å². The van der Waals surface area contributed by atoms with Gasteiger partial charge in [0.1, 0.15) is 0 Å². The number of thiophene rings is 1. The van der Waals surface area contributed by atoms with Crippen molar-refractivity contribution in [3.8, 4) is 0 Å². The summed E-state index contributed by atoms with van der Waals surface area (Å²) in [5.74, 6) is 0.00479. The van der Waals surface area contributed by atoms with Crippen LogP contribution in [0, 0.1) is 0 Å². The summed E-state index contributed by atoms with van der Waals surface area (Å²) in [6.45, 7) is 2.69. The number of halogens is 1. The van der Waals surface area contributed by atoms with Crippen LogP contribution in [0.15, 0.2) is 46.0 Å². The Morgan fingerprint density at radius 2 is 2.18 bits per heavy atom. The first kappa shape index (κ1) is 17.3. The third-order valence-electron chi connectivity index (χ3n) is 3.12. The second-order valence-corrected chi connectivity index (χ2v) is 7.38. The molecule has 0 aliphatic carbocycles. The standard InChI is InChI=1S/C16H18ClNO2S2/c1-12(22-15-5-3-2-4-14(15)17)16(20)18(7-8-19)10-13-6-9-21-11-13/h2-6,9,11-12,19H,7-8,10H2,1H3. The van der Waals surface area contributed by atoms with E-state index in [4.69, 9.17) is 11.6 Å². The van der Waals surface area contributed by atoms with E-state index in [0.29, 0.717) is 18.1 Å². The second-order valence-electron chi connectivity index (χ2n) is 4.81. The third kappa shape index (κ3) is 4.74. The first-order chi connectivity index (χ1) is 10.6. The Bertz CT molecular complexity index is 604. The van der Waals surface area contributed by atoms with Crippen molar-refractivity contribution in [1.29, 1.82) is 0 Å². The summed E-state index contributed by atoms with van der Waals surface area (Å²) < 4.78 is 0. The molecule has 2 rings (SSSR count). The molecule has 3 nitrogen and oxygen atoms in total. The van der Waals surface area contributed by atoms with Gasteiger partial charge in [0, 0.05) is 18.0 Å². The topological polar surface area (TPSA) is 40.5 Å². The number of carbonyl (C=O) groups is 1. The first-order valence-corrected chi connectivity index (χ1v) is 9.13. The van der Waals surface area contributed by atoms with E-state index in [9.17, 15) is 9.90 Å². The summed E-state index contributed by atoms with van der Waals surface area (Å²) in [6, 6.07) is 9.49. The van der Waals surface area contributed by atoms with Gasteiger partial charge in [-0.3, -0.25) is 4.79 Å². The smallest absolute Gasteiger partial charge is 0.236 e. The molecule has 1 aromatic carbocycles. The zero-order valence-corrected chi connectivity index (χ0v) is 14.6. The minimum Gasteiger partial charge on any atom is -0.395 e. The van der Waals surface area contributed by atoms with Gasteiger partial charge < -0.3 is 10.0 Å². The number of amides is 1. The minimum atomic E-state index is -0.259. The van der Waals surface area contributed by atoms with Crippen molar-refractivity contribution in [3.05, 3.63) is 51.7 Å². The van der Waals surface area contributed by atoms with Gasteiger partial charge >= 0.3 is 0 Å². The Kier molecular flexibility index (Phi) is 6.76. The summed E-state index contributed by atoms with van der Waals surface area (Å²) in [5.41, 5.74) is 1.08. The molecule has 0 fully saturated rings. The van der Waals surface area contributed by atoms with Gasteiger partial charge in [-0.05, 0) is 41.4 Å². The van der Waals surface area contributed by atoms with Gasteiger partial charge in [-0.25, -0.2) is 0 Å². The van der Waals surface area contributed by atoms with Gasteiger partial charge in [-0.1, -0.05) is 23.7 Å². The number of aliphatic hydroxyl groups is 1. The van der Waals surface area contributed by atoms with Crippen molar-refractivity contribution >= 4 is 40.6 Å². The maximum atomic E-state index is 12.6. The number of nitrogens with zero attached hydrogens (tertiary/aromatic N) is 1. The highest BCUT2D eigenvalue weighted by molar-refractivity contribution is 8.00. The van der Waals surface area contributed by atoms with Crippen molar-refractivity contribution in [2.45, 2.75) is 23.6 Å². The van der Waals surface area contributed by atoms with Crippen molar-refractivity contribution < 1.29 is 9.90 Å². The molecule has 1 heterocycles. The summed E-state index contributed by atoms with van der Waals surface area (Å²) >= 11 is 9.19. The average molecular weight is 356 g/mol. The van der Waals surface area contributed by atoms with Crippen LogP contribution in [0.5, 0.6) is 0 Å². The van der Waals surface area contributed by atoms with Crippen LogP contribution in [-0.2, 0) is 11.3 Å². The van der Waals surface area contributed by atoms with Gasteiger partial charge in [0.15, 0.2) is 0 Å². The molecule has 0 bridgehead atoms. The van der Waals surface area contributed by atoms with Crippen molar-refractivity contribution in [2.75, 3.05) is 13.2 Å². The molecular formula is C16H18ClNO2S2. The molecule has 22 heavy (non-hydrogen) atoms. The van der Waals surface area contributed by atoms with Gasteiger partial charge in [-0.15, -0.1) is 11.8 Å². The SMILES string of the molecule is CC(Sc1ccccc1Cl)C(=O)N(CCO)Cc1ccsc1. The van der Waals surface area contributed by atoms with Crippen LogP contribution in [0.25, 0.3) is 0 Å². The quantitative estimate of drug-likeness (QED) is 0.766. The van der Waals surface area contributed by atoms with Gasteiger partial charge in [0.05, 0.1) is 16.9 Å². The molecule has 6 heteroatoms. The Balaban J connectivity index is 2.04. The number of benzene rings is 1. The molecule has 2 aromatic rings.